The van der Waals surface area contributed by atoms with Crippen LogP contribution in [-0.4, -0.2) is 35.5 Å². The van der Waals surface area contributed by atoms with Crippen LogP contribution in [0.15, 0.2) is 10.2 Å². The number of aliphatic hydroxyl groups excluding tert-OH is 2. The molecule has 0 aromatic carbocycles. The zero-order valence-electron chi connectivity index (χ0n) is 10.8. The number of nitrogens with zero attached hydrogens (tertiary/aromatic N) is 4. The predicted molar refractivity (Wildman–Crippen MR) is 65.4 cm³/mol. The van der Waals surface area contributed by atoms with Crippen LogP contribution in [0, 0.1) is 34.5 Å². The SMILES string of the molecule is CC(C#N)C(CCO)/N=N/C(CCO)C(C)C#N. The molecule has 0 aromatic heterocycles. The van der Waals surface area contributed by atoms with Crippen LogP contribution in [0.4, 0.5) is 0 Å². The molecule has 100 valence electrons. The van der Waals surface area contributed by atoms with Crippen molar-refractivity contribution in [3.8, 4) is 12.1 Å². The van der Waals surface area contributed by atoms with Crippen molar-refractivity contribution < 1.29 is 10.2 Å². The Kier molecular flexibility index (Phi) is 8.73. The third kappa shape index (κ3) is 5.72. The summed E-state index contributed by atoms with van der Waals surface area (Å²) in [5, 5.41) is 43.6. The van der Waals surface area contributed by atoms with E-state index in [1.165, 1.54) is 0 Å². The molecule has 0 radical (unpaired) electrons. The van der Waals surface area contributed by atoms with Crippen LogP contribution < -0.4 is 0 Å². The summed E-state index contributed by atoms with van der Waals surface area (Å²) in [6, 6.07) is 3.40. The first-order valence-electron chi connectivity index (χ1n) is 6.01. The molecule has 0 rings (SSSR count). The topological polar surface area (TPSA) is 113 Å². The molecule has 18 heavy (non-hydrogen) atoms. The first-order chi connectivity index (χ1) is 8.60. The maximum absolute atomic E-state index is 8.90. The monoisotopic (exact) mass is 252 g/mol. The zero-order chi connectivity index (χ0) is 14.0. The summed E-state index contributed by atoms with van der Waals surface area (Å²) in [6.45, 7) is 3.31. The van der Waals surface area contributed by atoms with E-state index in [2.05, 4.69) is 22.4 Å². The molecule has 0 amide bonds. The molecule has 0 saturated heterocycles. The Labute approximate surface area is 108 Å². The van der Waals surface area contributed by atoms with Crippen molar-refractivity contribution in [2.24, 2.45) is 22.1 Å². The maximum Gasteiger partial charge on any atom is 0.0885 e. The maximum atomic E-state index is 8.90. The fourth-order valence-electron chi connectivity index (χ4n) is 1.42. The van der Waals surface area contributed by atoms with Gasteiger partial charge in [-0.2, -0.15) is 20.8 Å². The van der Waals surface area contributed by atoms with Crippen molar-refractivity contribution in [3.05, 3.63) is 0 Å². The second kappa shape index (κ2) is 9.52. The molecule has 0 saturated carbocycles. The molecule has 0 spiro atoms. The Hall–Kier alpha value is -1.50. The number of nitriles is 2. The van der Waals surface area contributed by atoms with Gasteiger partial charge >= 0.3 is 0 Å². The third-order valence-electron chi connectivity index (χ3n) is 2.77. The highest BCUT2D eigenvalue weighted by Crippen LogP contribution is 2.15. The van der Waals surface area contributed by atoms with Gasteiger partial charge in [0.2, 0.25) is 0 Å². The van der Waals surface area contributed by atoms with E-state index in [0.29, 0.717) is 12.8 Å². The first kappa shape index (κ1) is 16.5. The fraction of sp³-hybridized carbons (Fsp3) is 0.833. The number of rotatable bonds is 8. The molecular weight excluding hydrogens is 232 g/mol. The van der Waals surface area contributed by atoms with Crippen molar-refractivity contribution in [1.82, 2.24) is 0 Å². The Morgan fingerprint density at radius 2 is 1.22 bits per heavy atom. The molecule has 0 heterocycles. The van der Waals surface area contributed by atoms with Crippen LogP contribution in [0.1, 0.15) is 26.7 Å². The van der Waals surface area contributed by atoms with Crippen molar-refractivity contribution >= 4 is 0 Å². The fourth-order valence-corrected chi connectivity index (χ4v) is 1.42. The molecule has 0 bridgehead atoms. The normalized spacial score (nSPS) is 17.7. The number of hydrogen-bond donors (Lipinski definition) is 2. The predicted octanol–water partition coefficient (Wildman–Crippen LogP) is 1.26. The van der Waals surface area contributed by atoms with Crippen LogP contribution in [-0.2, 0) is 0 Å². The Morgan fingerprint density at radius 1 is 0.889 bits per heavy atom. The zero-order valence-corrected chi connectivity index (χ0v) is 10.8. The molecule has 0 aromatic rings. The molecule has 0 aliphatic rings. The Morgan fingerprint density at radius 3 is 1.44 bits per heavy atom. The van der Waals surface area contributed by atoms with E-state index < -0.39 is 0 Å². The molecule has 4 unspecified atom stereocenters. The number of azo groups is 1. The molecule has 0 fully saturated rings. The van der Waals surface area contributed by atoms with Crippen molar-refractivity contribution in [3.63, 3.8) is 0 Å². The molecule has 4 atom stereocenters. The standard InChI is InChI=1S/C12H20N4O2/c1-9(7-13)11(3-5-17)15-16-12(4-6-18)10(2)8-14/h9-12,17-18H,3-6H2,1-2H3/b16-15+. The average Bonchev–Trinajstić information content (AvgIpc) is 2.40. The van der Waals surface area contributed by atoms with E-state index in [4.69, 9.17) is 20.7 Å². The van der Waals surface area contributed by atoms with Gasteiger partial charge in [0.05, 0.1) is 36.1 Å². The van der Waals surface area contributed by atoms with Crippen molar-refractivity contribution in [1.29, 1.82) is 10.5 Å². The van der Waals surface area contributed by atoms with Gasteiger partial charge in [-0.1, -0.05) is 0 Å². The van der Waals surface area contributed by atoms with Crippen LogP contribution >= 0.6 is 0 Å². The lowest BCUT2D eigenvalue weighted by molar-refractivity contribution is 0.254. The minimum absolute atomic E-state index is 0.0613. The molecule has 6 nitrogen and oxygen atoms in total. The van der Waals surface area contributed by atoms with Gasteiger partial charge < -0.3 is 10.2 Å². The lowest BCUT2D eigenvalue weighted by Gasteiger charge is -2.15. The molecule has 0 aliphatic heterocycles. The van der Waals surface area contributed by atoms with Gasteiger partial charge in [0.1, 0.15) is 0 Å². The van der Waals surface area contributed by atoms with Crippen LogP contribution in [0.3, 0.4) is 0 Å². The van der Waals surface area contributed by atoms with Crippen LogP contribution in [0.2, 0.25) is 0 Å². The third-order valence-corrected chi connectivity index (χ3v) is 2.77. The Balaban J connectivity index is 4.70. The summed E-state index contributed by atoms with van der Waals surface area (Å²) in [6.07, 6.45) is 0.732. The van der Waals surface area contributed by atoms with E-state index in [9.17, 15) is 0 Å². The van der Waals surface area contributed by atoms with Crippen LogP contribution in [0.5, 0.6) is 0 Å². The summed E-state index contributed by atoms with van der Waals surface area (Å²) < 4.78 is 0. The van der Waals surface area contributed by atoms with Gasteiger partial charge in [0, 0.05) is 13.2 Å². The smallest absolute Gasteiger partial charge is 0.0885 e. The largest absolute Gasteiger partial charge is 0.396 e. The highest BCUT2D eigenvalue weighted by molar-refractivity contribution is 4.91. The summed E-state index contributed by atoms with van der Waals surface area (Å²) in [7, 11) is 0. The van der Waals surface area contributed by atoms with Gasteiger partial charge in [0.25, 0.3) is 0 Å². The van der Waals surface area contributed by atoms with Gasteiger partial charge in [-0.05, 0) is 26.7 Å². The van der Waals surface area contributed by atoms with E-state index in [1.54, 1.807) is 13.8 Å². The van der Waals surface area contributed by atoms with E-state index in [-0.39, 0.29) is 37.1 Å². The van der Waals surface area contributed by atoms with E-state index in [0.717, 1.165) is 0 Å². The lowest BCUT2D eigenvalue weighted by Crippen LogP contribution is -2.19. The van der Waals surface area contributed by atoms with Crippen LogP contribution in [0.25, 0.3) is 0 Å². The molecule has 0 aliphatic carbocycles. The summed E-state index contributed by atoms with van der Waals surface area (Å²) in [5.74, 6) is -0.680. The second-order valence-corrected chi connectivity index (χ2v) is 4.23. The second-order valence-electron chi connectivity index (χ2n) is 4.23. The van der Waals surface area contributed by atoms with Gasteiger partial charge in [-0.15, -0.1) is 0 Å². The van der Waals surface area contributed by atoms with E-state index in [1.807, 2.05) is 0 Å². The first-order valence-corrected chi connectivity index (χ1v) is 6.01. The van der Waals surface area contributed by atoms with Crippen molar-refractivity contribution in [2.45, 2.75) is 38.8 Å². The number of aliphatic hydroxyl groups is 2. The van der Waals surface area contributed by atoms with E-state index >= 15 is 0 Å². The molecule has 6 heteroatoms. The number of hydrogen-bond acceptors (Lipinski definition) is 6. The van der Waals surface area contributed by atoms with Crippen molar-refractivity contribution in [2.75, 3.05) is 13.2 Å². The Bertz CT molecular complexity index is 300. The highest BCUT2D eigenvalue weighted by Gasteiger charge is 2.19. The summed E-state index contributed by atoms with van der Waals surface area (Å²) in [4.78, 5) is 0. The quantitative estimate of drug-likeness (QED) is 0.633. The minimum atomic E-state index is -0.368. The average molecular weight is 252 g/mol. The molecular formula is C12H20N4O2. The summed E-state index contributed by atoms with van der Waals surface area (Å²) >= 11 is 0. The van der Waals surface area contributed by atoms with Gasteiger partial charge in [-0.25, -0.2) is 0 Å². The van der Waals surface area contributed by atoms with Gasteiger partial charge in [-0.3, -0.25) is 0 Å². The molecule has 2 N–H and O–H groups in total. The lowest BCUT2D eigenvalue weighted by atomic mass is 10.0. The van der Waals surface area contributed by atoms with Gasteiger partial charge in [0.15, 0.2) is 0 Å². The minimum Gasteiger partial charge on any atom is -0.396 e. The highest BCUT2D eigenvalue weighted by atomic mass is 16.3. The summed E-state index contributed by atoms with van der Waals surface area (Å²) in [5.41, 5.74) is 0.